The number of ether oxygens (including phenoxy) is 2. The molecule has 25 heavy (non-hydrogen) atoms. The van der Waals surface area contributed by atoms with Crippen LogP contribution in [0.2, 0.25) is 0 Å². The summed E-state index contributed by atoms with van der Waals surface area (Å²) < 4.78 is 16.0. The lowest BCUT2D eigenvalue weighted by Crippen LogP contribution is -2.10. The summed E-state index contributed by atoms with van der Waals surface area (Å²) in [7, 11) is 1.53. The molecule has 0 aliphatic rings. The van der Waals surface area contributed by atoms with Crippen molar-refractivity contribution in [2.75, 3.05) is 7.11 Å². The quantitative estimate of drug-likeness (QED) is 0.411. The summed E-state index contributed by atoms with van der Waals surface area (Å²) in [6, 6.07) is 10.2. The fourth-order valence-corrected chi connectivity index (χ4v) is 2.64. The van der Waals surface area contributed by atoms with Crippen molar-refractivity contribution >= 4 is 16.9 Å². The second kappa shape index (κ2) is 6.43. The first-order chi connectivity index (χ1) is 11.9. The molecule has 0 unspecified atom stereocenters. The van der Waals surface area contributed by atoms with Crippen molar-refractivity contribution in [3.05, 3.63) is 69.1 Å². The number of methoxy groups -OCH3 is 1. The molecular weight excluding hydrogens is 320 g/mol. The highest BCUT2D eigenvalue weighted by molar-refractivity contribution is 5.93. The van der Waals surface area contributed by atoms with Gasteiger partial charge in [0.25, 0.3) is 0 Å². The van der Waals surface area contributed by atoms with Gasteiger partial charge in [-0.3, -0.25) is 0 Å². The van der Waals surface area contributed by atoms with Crippen LogP contribution < -0.4 is 15.1 Å². The van der Waals surface area contributed by atoms with E-state index in [2.05, 4.69) is 0 Å². The van der Waals surface area contributed by atoms with E-state index >= 15 is 0 Å². The van der Waals surface area contributed by atoms with Crippen LogP contribution in [0.4, 0.5) is 0 Å². The van der Waals surface area contributed by atoms with E-state index in [0.29, 0.717) is 33.8 Å². The molecule has 3 aromatic rings. The Balaban J connectivity index is 2.02. The maximum Gasteiger partial charge on any atom is 0.343 e. The van der Waals surface area contributed by atoms with Gasteiger partial charge >= 0.3 is 11.6 Å². The van der Waals surface area contributed by atoms with Gasteiger partial charge in [-0.15, -0.1) is 0 Å². The third-order valence-electron chi connectivity index (χ3n) is 4.33. The van der Waals surface area contributed by atoms with Crippen LogP contribution in [-0.2, 0) is 0 Å². The number of aryl methyl sites for hydroxylation is 2. The van der Waals surface area contributed by atoms with Crippen molar-refractivity contribution < 1.29 is 18.7 Å². The first-order valence-corrected chi connectivity index (χ1v) is 7.82. The van der Waals surface area contributed by atoms with Gasteiger partial charge in [-0.25, -0.2) is 9.59 Å². The van der Waals surface area contributed by atoms with Crippen LogP contribution in [0.25, 0.3) is 11.0 Å². The van der Waals surface area contributed by atoms with E-state index in [9.17, 15) is 9.59 Å². The highest BCUT2D eigenvalue weighted by Crippen LogP contribution is 2.29. The van der Waals surface area contributed by atoms with Crippen molar-refractivity contribution in [3.8, 4) is 11.5 Å². The van der Waals surface area contributed by atoms with E-state index < -0.39 is 5.97 Å². The molecule has 0 N–H and O–H groups in total. The van der Waals surface area contributed by atoms with Crippen LogP contribution in [0, 0.1) is 20.8 Å². The van der Waals surface area contributed by atoms with Gasteiger partial charge in [-0.2, -0.15) is 0 Å². The fourth-order valence-electron chi connectivity index (χ4n) is 2.64. The maximum atomic E-state index is 12.4. The summed E-state index contributed by atoms with van der Waals surface area (Å²) in [4.78, 5) is 24.3. The lowest BCUT2D eigenvalue weighted by atomic mass is 10.0. The van der Waals surface area contributed by atoms with E-state index in [0.717, 1.165) is 10.9 Å². The van der Waals surface area contributed by atoms with Gasteiger partial charge in [-0.05, 0) is 56.7 Å². The minimum absolute atomic E-state index is 0.353. The smallest absolute Gasteiger partial charge is 0.343 e. The highest BCUT2D eigenvalue weighted by Gasteiger charge is 2.16. The van der Waals surface area contributed by atoms with E-state index in [4.69, 9.17) is 13.9 Å². The largest absolute Gasteiger partial charge is 0.497 e. The van der Waals surface area contributed by atoms with Crippen molar-refractivity contribution in [1.29, 1.82) is 0 Å². The first-order valence-electron chi connectivity index (χ1n) is 7.82. The van der Waals surface area contributed by atoms with Crippen LogP contribution >= 0.6 is 0 Å². The Morgan fingerprint density at radius 1 is 1.00 bits per heavy atom. The second-order valence-corrected chi connectivity index (χ2v) is 5.83. The van der Waals surface area contributed by atoms with Crippen molar-refractivity contribution in [1.82, 2.24) is 0 Å². The van der Waals surface area contributed by atoms with Gasteiger partial charge in [0.1, 0.15) is 17.1 Å². The van der Waals surface area contributed by atoms with Crippen molar-refractivity contribution in [3.63, 3.8) is 0 Å². The number of hydrogen-bond donors (Lipinski definition) is 0. The molecule has 128 valence electrons. The third-order valence-corrected chi connectivity index (χ3v) is 4.33. The monoisotopic (exact) mass is 338 g/mol. The molecule has 0 bridgehead atoms. The number of hydrogen-bond acceptors (Lipinski definition) is 5. The molecule has 0 saturated heterocycles. The number of carbonyl (C=O) groups is 1. The van der Waals surface area contributed by atoms with Crippen LogP contribution in [0.1, 0.15) is 27.0 Å². The van der Waals surface area contributed by atoms with E-state index in [1.165, 1.54) is 7.11 Å². The maximum absolute atomic E-state index is 12.4. The Morgan fingerprint density at radius 2 is 1.76 bits per heavy atom. The zero-order valence-electron chi connectivity index (χ0n) is 14.5. The highest BCUT2D eigenvalue weighted by atomic mass is 16.5. The summed E-state index contributed by atoms with van der Waals surface area (Å²) in [5.41, 5.74) is 2.47. The molecule has 0 aliphatic carbocycles. The van der Waals surface area contributed by atoms with Crippen molar-refractivity contribution in [2.24, 2.45) is 0 Å². The van der Waals surface area contributed by atoms with Gasteiger partial charge in [0.15, 0.2) is 0 Å². The molecule has 0 saturated carbocycles. The number of esters is 1. The molecule has 3 rings (SSSR count). The van der Waals surface area contributed by atoms with Crippen molar-refractivity contribution in [2.45, 2.75) is 20.8 Å². The Bertz CT molecular complexity index is 1030. The molecule has 2 aromatic carbocycles. The molecule has 0 fully saturated rings. The molecule has 0 atom stereocenters. The molecular formula is C20H18O5. The van der Waals surface area contributed by atoms with Gasteiger partial charge in [0, 0.05) is 16.5 Å². The number of rotatable bonds is 3. The van der Waals surface area contributed by atoms with Crippen LogP contribution in [0.5, 0.6) is 11.5 Å². The average molecular weight is 338 g/mol. The Labute approximate surface area is 144 Å². The molecule has 0 amide bonds. The molecule has 5 heteroatoms. The third kappa shape index (κ3) is 3.01. The van der Waals surface area contributed by atoms with Crippen LogP contribution in [-0.4, -0.2) is 13.1 Å². The fraction of sp³-hybridized carbons (Fsp3) is 0.200. The molecule has 0 aliphatic heterocycles. The summed E-state index contributed by atoms with van der Waals surface area (Å²) in [6.45, 7) is 5.36. The number of benzene rings is 2. The molecule has 1 aromatic heterocycles. The normalized spacial score (nSPS) is 10.7. The zero-order valence-corrected chi connectivity index (χ0v) is 14.5. The minimum atomic E-state index is -0.507. The Morgan fingerprint density at radius 3 is 2.48 bits per heavy atom. The molecule has 1 heterocycles. The summed E-state index contributed by atoms with van der Waals surface area (Å²) in [5, 5.41) is 0.829. The minimum Gasteiger partial charge on any atom is -0.497 e. The first kappa shape index (κ1) is 16.8. The Hall–Kier alpha value is -3.08. The lowest BCUT2D eigenvalue weighted by Gasteiger charge is -2.11. The SMILES string of the molecule is COc1cccc(C(=O)Oc2ccc3c(C)c(C)c(=O)oc3c2C)c1. The number of carbonyl (C=O) groups excluding carboxylic acids is 1. The topological polar surface area (TPSA) is 65.7 Å². The average Bonchev–Trinajstić information content (AvgIpc) is 2.62. The van der Waals surface area contributed by atoms with E-state index in [-0.39, 0.29) is 5.63 Å². The van der Waals surface area contributed by atoms with Crippen LogP contribution in [0.15, 0.2) is 45.6 Å². The summed E-state index contributed by atoms with van der Waals surface area (Å²) in [6.07, 6.45) is 0. The molecule has 5 nitrogen and oxygen atoms in total. The summed E-state index contributed by atoms with van der Waals surface area (Å²) >= 11 is 0. The standard InChI is InChI=1S/C20H18O5/c1-11-12(2)19(21)25-18-13(3)17(9-8-16(11)18)24-20(22)14-6-5-7-15(10-14)23-4/h5-10H,1-4H3. The van der Waals surface area contributed by atoms with Crippen LogP contribution in [0.3, 0.4) is 0 Å². The van der Waals surface area contributed by atoms with Gasteiger partial charge in [-0.1, -0.05) is 6.07 Å². The summed E-state index contributed by atoms with van der Waals surface area (Å²) in [5.74, 6) is 0.418. The van der Waals surface area contributed by atoms with Gasteiger partial charge in [0.2, 0.25) is 0 Å². The second-order valence-electron chi connectivity index (χ2n) is 5.83. The Kier molecular flexibility index (Phi) is 4.31. The predicted molar refractivity (Wildman–Crippen MR) is 94.6 cm³/mol. The van der Waals surface area contributed by atoms with Gasteiger partial charge < -0.3 is 13.9 Å². The predicted octanol–water partition coefficient (Wildman–Crippen LogP) is 3.95. The van der Waals surface area contributed by atoms with E-state index in [1.807, 2.05) is 6.92 Å². The lowest BCUT2D eigenvalue weighted by molar-refractivity contribution is 0.0733. The molecule has 0 radical (unpaired) electrons. The molecule has 0 spiro atoms. The van der Waals surface area contributed by atoms with E-state index in [1.54, 1.807) is 50.2 Å². The van der Waals surface area contributed by atoms with Gasteiger partial charge in [0.05, 0.1) is 12.7 Å². The zero-order chi connectivity index (χ0) is 18.1. The number of fused-ring (bicyclic) bond motifs is 1.